The van der Waals surface area contributed by atoms with Crippen LogP contribution in [0.2, 0.25) is 5.02 Å². The standard InChI is InChI=1S/C14H16ClNO5/c15-10-3-1-9(2-4-10)11(7-13(17)18)16-14(19)12-8-20-5-6-21-12/h1-4,11-12H,5-8H2,(H,16,19)(H,17,18)/t11-,12?/m0/s1. The summed E-state index contributed by atoms with van der Waals surface area (Å²) in [5.74, 6) is -1.38. The number of hydrogen-bond donors (Lipinski definition) is 2. The van der Waals surface area contributed by atoms with E-state index in [1.165, 1.54) is 0 Å². The van der Waals surface area contributed by atoms with Gasteiger partial charge >= 0.3 is 5.97 Å². The second-order valence-electron chi connectivity index (χ2n) is 4.64. The number of benzene rings is 1. The lowest BCUT2D eigenvalue weighted by atomic mass is 10.0. The Bertz CT molecular complexity index is 499. The van der Waals surface area contributed by atoms with Crippen LogP contribution in [0.15, 0.2) is 24.3 Å². The van der Waals surface area contributed by atoms with E-state index in [9.17, 15) is 9.59 Å². The molecule has 0 aliphatic carbocycles. The summed E-state index contributed by atoms with van der Waals surface area (Å²) in [7, 11) is 0. The zero-order chi connectivity index (χ0) is 15.2. The van der Waals surface area contributed by atoms with Crippen LogP contribution >= 0.6 is 11.6 Å². The number of nitrogens with one attached hydrogen (secondary N) is 1. The molecule has 1 amide bonds. The number of amides is 1. The molecule has 1 aromatic rings. The van der Waals surface area contributed by atoms with Gasteiger partial charge in [-0.15, -0.1) is 0 Å². The Morgan fingerprint density at radius 1 is 1.33 bits per heavy atom. The number of halogens is 1. The van der Waals surface area contributed by atoms with E-state index < -0.39 is 18.1 Å². The third-order valence-electron chi connectivity index (χ3n) is 3.08. The van der Waals surface area contributed by atoms with Crippen LogP contribution in [0.3, 0.4) is 0 Å². The maximum Gasteiger partial charge on any atom is 0.305 e. The molecule has 1 aliphatic heterocycles. The molecule has 21 heavy (non-hydrogen) atoms. The molecule has 7 heteroatoms. The Morgan fingerprint density at radius 3 is 2.62 bits per heavy atom. The first kappa shape index (κ1) is 15.8. The molecule has 1 fully saturated rings. The zero-order valence-corrected chi connectivity index (χ0v) is 12.0. The molecule has 0 spiro atoms. The van der Waals surface area contributed by atoms with Crippen LogP contribution < -0.4 is 5.32 Å². The van der Waals surface area contributed by atoms with Gasteiger partial charge in [0.05, 0.1) is 32.3 Å². The minimum Gasteiger partial charge on any atom is -0.481 e. The van der Waals surface area contributed by atoms with Crippen LogP contribution in [0.4, 0.5) is 0 Å². The highest BCUT2D eigenvalue weighted by Crippen LogP contribution is 2.20. The number of rotatable bonds is 5. The first-order chi connectivity index (χ1) is 10.1. The highest BCUT2D eigenvalue weighted by molar-refractivity contribution is 6.30. The van der Waals surface area contributed by atoms with E-state index in [4.69, 9.17) is 26.2 Å². The van der Waals surface area contributed by atoms with Gasteiger partial charge in [0.25, 0.3) is 5.91 Å². The molecule has 1 aromatic carbocycles. The van der Waals surface area contributed by atoms with E-state index in [2.05, 4.69) is 5.32 Å². The first-order valence-electron chi connectivity index (χ1n) is 6.53. The van der Waals surface area contributed by atoms with Gasteiger partial charge in [-0.05, 0) is 17.7 Å². The molecular formula is C14H16ClNO5. The molecule has 2 rings (SSSR count). The molecule has 1 unspecified atom stereocenters. The largest absolute Gasteiger partial charge is 0.481 e. The molecule has 114 valence electrons. The van der Waals surface area contributed by atoms with Crippen LogP contribution in [0.5, 0.6) is 0 Å². The highest BCUT2D eigenvalue weighted by atomic mass is 35.5. The smallest absolute Gasteiger partial charge is 0.305 e. The number of carboxylic acids is 1. The molecule has 0 bridgehead atoms. The molecule has 1 saturated heterocycles. The van der Waals surface area contributed by atoms with Gasteiger partial charge in [0.15, 0.2) is 6.10 Å². The number of carbonyl (C=O) groups is 2. The van der Waals surface area contributed by atoms with Crippen molar-refractivity contribution >= 4 is 23.5 Å². The molecular weight excluding hydrogens is 298 g/mol. The van der Waals surface area contributed by atoms with Crippen molar-refractivity contribution in [1.82, 2.24) is 5.32 Å². The van der Waals surface area contributed by atoms with Crippen molar-refractivity contribution in [2.45, 2.75) is 18.6 Å². The van der Waals surface area contributed by atoms with E-state index >= 15 is 0 Å². The van der Waals surface area contributed by atoms with Gasteiger partial charge in [-0.25, -0.2) is 0 Å². The summed E-state index contributed by atoms with van der Waals surface area (Å²) in [5.41, 5.74) is 0.673. The van der Waals surface area contributed by atoms with Crippen LogP contribution in [0.25, 0.3) is 0 Å². The van der Waals surface area contributed by atoms with Gasteiger partial charge in [-0.2, -0.15) is 0 Å². The van der Waals surface area contributed by atoms with Gasteiger partial charge in [-0.1, -0.05) is 23.7 Å². The SMILES string of the molecule is O=C(O)C[C@H](NC(=O)C1COCCO1)c1ccc(Cl)cc1. The number of ether oxygens (including phenoxy) is 2. The maximum absolute atomic E-state index is 12.1. The Kier molecular flexibility index (Phi) is 5.55. The van der Waals surface area contributed by atoms with Crippen LogP contribution in [0.1, 0.15) is 18.0 Å². The van der Waals surface area contributed by atoms with E-state index in [0.717, 1.165) is 0 Å². The van der Waals surface area contributed by atoms with E-state index in [0.29, 0.717) is 23.8 Å². The zero-order valence-electron chi connectivity index (χ0n) is 11.3. The van der Waals surface area contributed by atoms with Gasteiger partial charge in [0.1, 0.15) is 0 Å². The number of carbonyl (C=O) groups excluding carboxylic acids is 1. The van der Waals surface area contributed by atoms with Gasteiger partial charge in [-0.3, -0.25) is 9.59 Å². The second-order valence-corrected chi connectivity index (χ2v) is 5.08. The fraction of sp³-hybridized carbons (Fsp3) is 0.429. The van der Waals surface area contributed by atoms with E-state index in [1.807, 2.05) is 0 Å². The fourth-order valence-electron chi connectivity index (χ4n) is 2.03. The van der Waals surface area contributed by atoms with Crippen molar-refractivity contribution < 1.29 is 24.2 Å². The molecule has 2 N–H and O–H groups in total. The molecule has 2 atom stereocenters. The predicted octanol–water partition coefficient (Wildman–Crippen LogP) is 1.39. The molecule has 6 nitrogen and oxygen atoms in total. The van der Waals surface area contributed by atoms with Crippen molar-refractivity contribution in [3.05, 3.63) is 34.9 Å². The average Bonchev–Trinajstić information content (AvgIpc) is 2.48. The average molecular weight is 314 g/mol. The second kappa shape index (κ2) is 7.40. The lowest BCUT2D eigenvalue weighted by Gasteiger charge is -2.25. The van der Waals surface area contributed by atoms with Gasteiger partial charge < -0.3 is 19.9 Å². The Morgan fingerprint density at radius 2 is 2.05 bits per heavy atom. The van der Waals surface area contributed by atoms with Crippen molar-refractivity contribution in [1.29, 1.82) is 0 Å². The summed E-state index contributed by atoms with van der Waals surface area (Å²) in [6, 6.07) is 6.04. The van der Waals surface area contributed by atoms with Gasteiger partial charge in [0.2, 0.25) is 0 Å². The predicted molar refractivity (Wildman–Crippen MR) is 75.1 cm³/mol. The summed E-state index contributed by atoms with van der Waals surface area (Å²) in [4.78, 5) is 23.1. The number of carboxylic acid groups (broad SMARTS) is 1. The lowest BCUT2D eigenvalue weighted by molar-refractivity contribution is -0.148. The summed E-state index contributed by atoms with van der Waals surface area (Å²) < 4.78 is 10.5. The quantitative estimate of drug-likeness (QED) is 0.858. The normalized spacial score (nSPS) is 19.8. The monoisotopic (exact) mass is 313 g/mol. The minimum atomic E-state index is -1.00. The van der Waals surface area contributed by atoms with E-state index in [-0.39, 0.29) is 18.9 Å². The molecule has 0 saturated carbocycles. The third-order valence-corrected chi connectivity index (χ3v) is 3.33. The Balaban J connectivity index is 2.06. The third kappa shape index (κ3) is 4.70. The molecule has 0 aromatic heterocycles. The van der Waals surface area contributed by atoms with Crippen LogP contribution in [-0.2, 0) is 19.1 Å². The number of hydrogen-bond acceptors (Lipinski definition) is 4. The topological polar surface area (TPSA) is 84.9 Å². The van der Waals surface area contributed by atoms with Crippen LogP contribution in [0, 0.1) is 0 Å². The van der Waals surface area contributed by atoms with Crippen molar-refractivity contribution in [3.8, 4) is 0 Å². The van der Waals surface area contributed by atoms with Crippen molar-refractivity contribution in [2.75, 3.05) is 19.8 Å². The lowest BCUT2D eigenvalue weighted by Crippen LogP contribution is -2.44. The van der Waals surface area contributed by atoms with Crippen LogP contribution in [-0.4, -0.2) is 42.9 Å². The highest BCUT2D eigenvalue weighted by Gasteiger charge is 2.26. The summed E-state index contributed by atoms with van der Waals surface area (Å²) in [5, 5.41) is 12.2. The first-order valence-corrected chi connectivity index (χ1v) is 6.91. The summed E-state index contributed by atoms with van der Waals surface area (Å²) in [6.45, 7) is 0.981. The van der Waals surface area contributed by atoms with Crippen molar-refractivity contribution in [2.24, 2.45) is 0 Å². The minimum absolute atomic E-state index is 0.173. The fourth-order valence-corrected chi connectivity index (χ4v) is 2.15. The maximum atomic E-state index is 12.1. The summed E-state index contributed by atoms with van der Waals surface area (Å²) >= 11 is 5.81. The molecule has 1 heterocycles. The van der Waals surface area contributed by atoms with Crippen molar-refractivity contribution in [3.63, 3.8) is 0 Å². The Hall–Kier alpha value is -1.63. The van der Waals surface area contributed by atoms with E-state index in [1.54, 1.807) is 24.3 Å². The molecule has 1 aliphatic rings. The molecule has 0 radical (unpaired) electrons. The number of aliphatic carboxylic acids is 1. The summed E-state index contributed by atoms with van der Waals surface area (Å²) in [6.07, 6.45) is -0.927. The Labute approximate surface area is 127 Å². The van der Waals surface area contributed by atoms with Gasteiger partial charge in [0, 0.05) is 5.02 Å².